The number of phenols is 1. The first-order chi connectivity index (χ1) is 6.66. The summed E-state index contributed by atoms with van der Waals surface area (Å²) in [7, 11) is 0. The van der Waals surface area contributed by atoms with E-state index in [1.54, 1.807) is 36.4 Å². The van der Waals surface area contributed by atoms with Crippen molar-refractivity contribution in [3.05, 3.63) is 42.0 Å². The van der Waals surface area contributed by atoms with Gasteiger partial charge in [-0.05, 0) is 46.6 Å². The minimum atomic E-state index is -0.491. The Morgan fingerprint density at radius 1 is 1.07 bits per heavy atom. The van der Waals surface area contributed by atoms with E-state index in [0.717, 1.165) is 10.8 Å². The maximum Gasteiger partial charge on any atom is 0.252 e. The molecule has 0 amide bonds. The van der Waals surface area contributed by atoms with Gasteiger partial charge in [-0.15, -0.1) is 0 Å². The number of hydrogen-bond acceptors (Lipinski definition) is 2. The van der Waals surface area contributed by atoms with Crippen LogP contribution in [0.2, 0.25) is 0 Å². The minimum absolute atomic E-state index is 0.177. The molecule has 0 aliphatic carbocycles. The summed E-state index contributed by atoms with van der Waals surface area (Å²) in [6.07, 6.45) is 0. The van der Waals surface area contributed by atoms with Gasteiger partial charge in [-0.2, -0.15) is 0 Å². The van der Waals surface area contributed by atoms with Crippen LogP contribution < -0.4 is 0 Å². The summed E-state index contributed by atoms with van der Waals surface area (Å²) in [5, 5.41) is 10.5. The fourth-order valence-electron chi connectivity index (χ4n) is 1.36. The van der Waals surface area contributed by atoms with Crippen molar-refractivity contribution in [1.29, 1.82) is 0 Å². The van der Waals surface area contributed by atoms with Crippen LogP contribution in [0.3, 0.4) is 0 Å². The topological polar surface area (TPSA) is 37.3 Å². The fraction of sp³-hybridized carbons (Fsp3) is 0. The maximum atomic E-state index is 10.9. The van der Waals surface area contributed by atoms with E-state index in [9.17, 15) is 9.90 Å². The molecular weight excluding hydrogens is 200 g/mol. The lowest BCUT2D eigenvalue weighted by Gasteiger charge is -2.00. The van der Waals surface area contributed by atoms with Crippen molar-refractivity contribution in [1.82, 2.24) is 0 Å². The number of rotatable bonds is 1. The predicted molar refractivity (Wildman–Crippen MR) is 55.8 cm³/mol. The van der Waals surface area contributed by atoms with Crippen LogP contribution in [0.25, 0.3) is 10.8 Å². The summed E-state index contributed by atoms with van der Waals surface area (Å²) < 4.78 is 0. The third-order valence-electron chi connectivity index (χ3n) is 2.05. The molecule has 70 valence electrons. The Morgan fingerprint density at radius 2 is 1.79 bits per heavy atom. The number of carbonyl (C=O) groups excluding carboxylic acids is 1. The number of hydrogen-bond donors (Lipinski definition) is 1. The highest BCUT2D eigenvalue weighted by Gasteiger charge is 2.02. The molecule has 0 bridgehead atoms. The Kier molecular flexibility index (Phi) is 2.14. The molecule has 0 saturated heterocycles. The van der Waals surface area contributed by atoms with Gasteiger partial charge in [-0.3, -0.25) is 4.79 Å². The highest BCUT2D eigenvalue weighted by Crippen LogP contribution is 2.21. The molecule has 0 unspecified atom stereocenters. The lowest BCUT2D eigenvalue weighted by atomic mass is 10.1. The van der Waals surface area contributed by atoms with Crippen molar-refractivity contribution >= 4 is 27.6 Å². The van der Waals surface area contributed by atoms with Gasteiger partial charge in [-0.1, -0.05) is 12.1 Å². The van der Waals surface area contributed by atoms with Crippen LogP contribution in [0.15, 0.2) is 36.4 Å². The molecule has 0 spiro atoms. The number of halogens is 1. The van der Waals surface area contributed by atoms with Gasteiger partial charge in [0, 0.05) is 5.56 Å². The smallest absolute Gasteiger partial charge is 0.252 e. The lowest BCUT2D eigenvalue weighted by molar-refractivity contribution is 0.108. The molecule has 2 rings (SSSR count). The zero-order valence-corrected chi connectivity index (χ0v) is 7.95. The van der Waals surface area contributed by atoms with Crippen LogP contribution in [-0.4, -0.2) is 10.3 Å². The second-order valence-corrected chi connectivity index (χ2v) is 3.36. The maximum absolute atomic E-state index is 10.9. The number of fused-ring (bicyclic) bond motifs is 1. The van der Waals surface area contributed by atoms with Crippen LogP contribution >= 0.6 is 11.6 Å². The number of carbonyl (C=O) groups is 1. The molecule has 0 saturated carbocycles. The minimum Gasteiger partial charge on any atom is -0.508 e. The molecule has 0 radical (unpaired) electrons. The lowest BCUT2D eigenvalue weighted by Crippen LogP contribution is -1.87. The van der Waals surface area contributed by atoms with Crippen LogP contribution in [-0.2, 0) is 0 Å². The zero-order chi connectivity index (χ0) is 10.1. The first kappa shape index (κ1) is 9.03. The van der Waals surface area contributed by atoms with Crippen molar-refractivity contribution < 1.29 is 9.90 Å². The molecule has 1 N–H and O–H groups in total. The summed E-state index contributed by atoms with van der Waals surface area (Å²) >= 11 is 5.34. The molecule has 3 heteroatoms. The van der Waals surface area contributed by atoms with E-state index < -0.39 is 5.24 Å². The first-order valence-electron chi connectivity index (χ1n) is 4.09. The van der Waals surface area contributed by atoms with Gasteiger partial charge in [0.15, 0.2) is 0 Å². The Bertz CT molecular complexity index is 506. The average molecular weight is 207 g/mol. The van der Waals surface area contributed by atoms with Crippen molar-refractivity contribution in [2.75, 3.05) is 0 Å². The van der Waals surface area contributed by atoms with E-state index in [4.69, 9.17) is 11.6 Å². The van der Waals surface area contributed by atoms with Crippen molar-refractivity contribution in [3.8, 4) is 5.75 Å². The van der Waals surface area contributed by atoms with Gasteiger partial charge in [-0.25, -0.2) is 0 Å². The number of phenolic OH excluding ortho intramolecular Hbond substituents is 1. The quantitative estimate of drug-likeness (QED) is 0.729. The summed E-state index contributed by atoms with van der Waals surface area (Å²) in [4.78, 5) is 10.9. The van der Waals surface area contributed by atoms with Crippen molar-refractivity contribution in [2.24, 2.45) is 0 Å². The highest BCUT2D eigenvalue weighted by molar-refractivity contribution is 6.67. The van der Waals surface area contributed by atoms with Crippen LogP contribution in [0.5, 0.6) is 5.75 Å². The van der Waals surface area contributed by atoms with E-state index in [2.05, 4.69) is 0 Å². The molecule has 0 heterocycles. The van der Waals surface area contributed by atoms with Gasteiger partial charge < -0.3 is 5.11 Å². The fourth-order valence-corrected chi connectivity index (χ4v) is 1.47. The SMILES string of the molecule is O=C(Cl)c1ccc2ccc(O)cc2c1. The molecular formula is C11H7ClO2. The third kappa shape index (κ3) is 1.56. The molecule has 0 aliphatic heterocycles. The number of aromatic hydroxyl groups is 1. The molecule has 14 heavy (non-hydrogen) atoms. The van der Waals surface area contributed by atoms with E-state index >= 15 is 0 Å². The third-order valence-corrected chi connectivity index (χ3v) is 2.27. The molecule has 0 fully saturated rings. The van der Waals surface area contributed by atoms with Gasteiger partial charge >= 0.3 is 0 Å². The highest BCUT2D eigenvalue weighted by atomic mass is 35.5. The molecule has 0 aromatic heterocycles. The summed E-state index contributed by atoms with van der Waals surface area (Å²) in [6.45, 7) is 0. The van der Waals surface area contributed by atoms with Crippen molar-refractivity contribution in [3.63, 3.8) is 0 Å². The average Bonchev–Trinajstić information content (AvgIpc) is 2.16. The monoisotopic (exact) mass is 206 g/mol. The normalized spacial score (nSPS) is 10.4. The second-order valence-electron chi connectivity index (χ2n) is 3.02. The van der Waals surface area contributed by atoms with Crippen LogP contribution in [0.1, 0.15) is 10.4 Å². The first-order valence-corrected chi connectivity index (χ1v) is 4.47. The number of benzene rings is 2. The summed E-state index contributed by atoms with van der Waals surface area (Å²) in [5.41, 5.74) is 0.435. The summed E-state index contributed by atoms with van der Waals surface area (Å²) in [6, 6.07) is 10.1. The molecule has 2 nitrogen and oxygen atoms in total. The molecule has 0 atom stereocenters. The van der Waals surface area contributed by atoms with E-state index in [1.165, 1.54) is 0 Å². The molecule has 2 aromatic carbocycles. The van der Waals surface area contributed by atoms with E-state index in [-0.39, 0.29) is 5.75 Å². The van der Waals surface area contributed by atoms with Crippen molar-refractivity contribution in [2.45, 2.75) is 0 Å². The Balaban J connectivity index is 2.69. The van der Waals surface area contributed by atoms with Crippen LogP contribution in [0.4, 0.5) is 0 Å². The van der Waals surface area contributed by atoms with Crippen LogP contribution in [0, 0.1) is 0 Å². The second kappa shape index (κ2) is 3.31. The predicted octanol–water partition coefficient (Wildman–Crippen LogP) is 2.92. The van der Waals surface area contributed by atoms with E-state index in [1.807, 2.05) is 0 Å². The molecule has 0 aliphatic rings. The Morgan fingerprint density at radius 3 is 2.50 bits per heavy atom. The van der Waals surface area contributed by atoms with Gasteiger partial charge in [0.1, 0.15) is 5.75 Å². The largest absolute Gasteiger partial charge is 0.508 e. The van der Waals surface area contributed by atoms with Gasteiger partial charge in [0.05, 0.1) is 0 Å². The molecule has 2 aromatic rings. The zero-order valence-electron chi connectivity index (χ0n) is 7.20. The Hall–Kier alpha value is -1.54. The van der Waals surface area contributed by atoms with Gasteiger partial charge in [0.2, 0.25) is 0 Å². The standard InChI is InChI=1S/C11H7ClO2/c12-11(14)8-2-1-7-3-4-10(13)6-9(7)5-8/h1-6,13H. The van der Waals surface area contributed by atoms with Gasteiger partial charge in [0.25, 0.3) is 5.24 Å². The van der Waals surface area contributed by atoms with E-state index in [0.29, 0.717) is 5.56 Å². The Labute approximate surface area is 85.7 Å². The summed E-state index contributed by atoms with van der Waals surface area (Å²) in [5.74, 6) is 0.177.